The highest BCUT2D eigenvalue weighted by molar-refractivity contribution is 5.99. The van der Waals surface area contributed by atoms with Crippen molar-refractivity contribution in [3.8, 4) is 5.69 Å². The van der Waals surface area contributed by atoms with Crippen LogP contribution in [0.25, 0.3) is 5.69 Å². The predicted molar refractivity (Wildman–Crippen MR) is 115 cm³/mol. The molecule has 1 atom stereocenters. The molecule has 1 aromatic heterocycles. The van der Waals surface area contributed by atoms with E-state index in [1.165, 1.54) is 4.90 Å². The third-order valence-corrected chi connectivity index (χ3v) is 5.37. The maximum atomic E-state index is 13.0. The Morgan fingerprint density at radius 2 is 1.77 bits per heavy atom. The number of carbonyl (C=O) groups excluding carboxylic acids is 2. The molecule has 1 aliphatic heterocycles. The predicted octanol–water partition coefficient (Wildman–Crippen LogP) is 3.21. The van der Waals surface area contributed by atoms with E-state index in [0.29, 0.717) is 19.5 Å². The Bertz CT molecular complexity index is 1000. The number of benzene rings is 2. The summed E-state index contributed by atoms with van der Waals surface area (Å²) in [5, 5.41) is 7.24. The Morgan fingerprint density at radius 3 is 2.47 bits per heavy atom. The lowest BCUT2D eigenvalue weighted by molar-refractivity contribution is -0.123. The Kier molecular flexibility index (Phi) is 5.79. The van der Waals surface area contributed by atoms with Gasteiger partial charge in [0.25, 0.3) is 0 Å². The summed E-state index contributed by atoms with van der Waals surface area (Å²) in [6.45, 7) is 1.02. The third kappa shape index (κ3) is 4.20. The smallest absolute Gasteiger partial charge is 0.318 e. The van der Waals surface area contributed by atoms with E-state index in [2.05, 4.69) is 10.4 Å². The fourth-order valence-electron chi connectivity index (χ4n) is 3.70. The summed E-state index contributed by atoms with van der Waals surface area (Å²) in [5.41, 5.74) is 2.72. The first-order valence-corrected chi connectivity index (χ1v) is 10.1. The van der Waals surface area contributed by atoms with Crippen LogP contribution in [0.2, 0.25) is 0 Å². The number of piperidine rings is 1. The van der Waals surface area contributed by atoms with Crippen molar-refractivity contribution in [3.63, 3.8) is 0 Å². The molecule has 3 amide bonds. The highest BCUT2D eigenvalue weighted by Crippen LogP contribution is 2.23. The van der Waals surface area contributed by atoms with E-state index >= 15 is 0 Å². The molecule has 0 spiro atoms. The molecule has 0 radical (unpaired) electrons. The lowest BCUT2D eigenvalue weighted by Gasteiger charge is -2.36. The van der Waals surface area contributed by atoms with Gasteiger partial charge < -0.3 is 15.1 Å². The Hall–Kier alpha value is -3.61. The quantitative estimate of drug-likeness (QED) is 0.711. The number of nitrogens with zero attached hydrogens (tertiary/aromatic N) is 4. The van der Waals surface area contributed by atoms with Gasteiger partial charge in [0.2, 0.25) is 5.91 Å². The summed E-state index contributed by atoms with van der Waals surface area (Å²) in [4.78, 5) is 29.0. The molecule has 1 N–H and O–H groups in total. The van der Waals surface area contributed by atoms with E-state index < -0.39 is 6.04 Å². The van der Waals surface area contributed by atoms with Crippen LogP contribution in [0.4, 0.5) is 10.5 Å². The van der Waals surface area contributed by atoms with Crippen molar-refractivity contribution in [2.45, 2.75) is 25.4 Å². The van der Waals surface area contributed by atoms with Gasteiger partial charge in [-0.1, -0.05) is 36.4 Å². The first-order chi connectivity index (χ1) is 14.6. The van der Waals surface area contributed by atoms with Crippen molar-refractivity contribution in [1.82, 2.24) is 20.0 Å². The molecular formula is C23H25N5O2. The highest BCUT2D eigenvalue weighted by Gasteiger charge is 2.34. The van der Waals surface area contributed by atoms with Crippen molar-refractivity contribution in [1.29, 1.82) is 0 Å². The third-order valence-electron chi connectivity index (χ3n) is 5.37. The summed E-state index contributed by atoms with van der Waals surface area (Å²) in [7, 11) is 1.68. The van der Waals surface area contributed by atoms with E-state index in [0.717, 1.165) is 23.4 Å². The van der Waals surface area contributed by atoms with Crippen LogP contribution in [-0.4, -0.2) is 46.3 Å². The van der Waals surface area contributed by atoms with Gasteiger partial charge >= 0.3 is 6.03 Å². The lowest BCUT2D eigenvalue weighted by atomic mass is 10.0. The SMILES string of the molecule is CN(C(=O)NCc1cnn(-c2ccccc2)c1)C1CCCN(c2ccccc2)C1=O. The summed E-state index contributed by atoms with van der Waals surface area (Å²) >= 11 is 0. The number of amides is 3. The minimum Gasteiger partial charge on any atom is -0.334 e. The number of nitrogens with one attached hydrogen (secondary N) is 1. The minimum atomic E-state index is -0.467. The monoisotopic (exact) mass is 403 g/mol. The standard InChI is InChI=1S/C23H25N5O2/c1-26(21-13-8-14-27(22(21)29)19-9-4-2-5-10-19)23(30)24-15-18-16-25-28(17-18)20-11-6-3-7-12-20/h2-7,9-12,16-17,21H,8,13-15H2,1H3,(H,24,30). The molecule has 0 aliphatic carbocycles. The fourth-order valence-corrected chi connectivity index (χ4v) is 3.70. The number of urea groups is 1. The summed E-state index contributed by atoms with van der Waals surface area (Å²) in [6, 6.07) is 18.7. The molecular weight excluding hydrogens is 378 g/mol. The number of hydrogen-bond donors (Lipinski definition) is 1. The average Bonchev–Trinajstić information content (AvgIpc) is 3.27. The summed E-state index contributed by atoms with van der Waals surface area (Å²) < 4.78 is 1.77. The van der Waals surface area contributed by atoms with E-state index in [4.69, 9.17) is 0 Å². The molecule has 1 unspecified atom stereocenters. The number of rotatable bonds is 5. The van der Waals surface area contributed by atoms with E-state index in [-0.39, 0.29) is 11.9 Å². The van der Waals surface area contributed by atoms with Crippen molar-refractivity contribution in [2.75, 3.05) is 18.5 Å². The number of anilines is 1. The van der Waals surface area contributed by atoms with Crippen LogP contribution in [0.1, 0.15) is 18.4 Å². The zero-order valence-electron chi connectivity index (χ0n) is 16.9. The van der Waals surface area contributed by atoms with Gasteiger partial charge in [-0.2, -0.15) is 5.10 Å². The van der Waals surface area contributed by atoms with Crippen molar-refractivity contribution >= 4 is 17.6 Å². The molecule has 1 fully saturated rings. The number of aromatic nitrogens is 2. The molecule has 1 saturated heterocycles. The molecule has 30 heavy (non-hydrogen) atoms. The first-order valence-electron chi connectivity index (χ1n) is 10.1. The second-order valence-corrected chi connectivity index (χ2v) is 7.38. The Morgan fingerprint density at radius 1 is 1.10 bits per heavy atom. The number of para-hydroxylation sites is 2. The van der Waals surface area contributed by atoms with Crippen LogP contribution >= 0.6 is 0 Å². The topological polar surface area (TPSA) is 70.5 Å². The fraction of sp³-hybridized carbons (Fsp3) is 0.261. The van der Waals surface area contributed by atoms with Crippen LogP contribution in [0.15, 0.2) is 73.1 Å². The molecule has 0 bridgehead atoms. The van der Waals surface area contributed by atoms with Crippen LogP contribution in [0.5, 0.6) is 0 Å². The van der Waals surface area contributed by atoms with Crippen LogP contribution in [0, 0.1) is 0 Å². The van der Waals surface area contributed by atoms with Crippen LogP contribution in [0.3, 0.4) is 0 Å². The normalized spacial score (nSPS) is 16.4. The highest BCUT2D eigenvalue weighted by atomic mass is 16.2. The second kappa shape index (κ2) is 8.82. The number of carbonyl (C=O) groups is 2. The Labute approximate surface area is 175 Å². The Balaban J connectivity index is 1.37. The molecule has 2 aromatic carbocycles. The van der Waals surface area contributed by atoms with Crippen LogP contribution < -0.4 is 10.2 Å². The molecule has 3 aromatic rings. The molecule has 7 nitrogen and oxygen atoms in total. The van der Waals surface area contributed by atoms with Crippen molar-refractivity contribution in [3.05, 3.63) is 78.6 Å². The number of hydrogen-bond acceptors (Lipinski definition) is 3. The molecule has 2 heterocycles. The van der Waals surface area contributed by atoms with Gasteiger partial charge in [-0.25, -0.2) is 9.48 Å². The minimum absolute atomic E-state index is 0.0398. The second-order valence-electron chi connectivity index (χ2n) is 7.38. The van der Waals surface area contributed by atoms with Gasteiger partial charge in [0.15, 0.2) is 0 Å². The van der Waals surface area contributed by atoms with Crippen molar-refractivity contribution < 1.29 is 9.59 Å². The zero-order chi connectivity index (χ0) is 20.9. The molecule has 4 rings (SSSR count). The average molecular weight is 403 g/mol. The summed E-state index contributed by atoms with van der Waals surface area (Å²) in [6.07, 6.45) is 5.14. The first kappa shape index (κ1) is 19.7. The molecule has 1 aliphatic rings. The van der Waals surface area contributed by atoms with Gasteiger partial charge in [0.05, 0.1) is 11.9 Å². The van der Waals surface area contributed by atoms with Gasteiger partial charge in [0.1, 0.15) is 6.04 Å². The number of likely N-dealkylation sites (N-methyl/N-ethyl adjacent to an activating group) is 1. The van der Waals surface area contributed by atoms with Crippen molar-refractivity contribution in [2.24, 2.45) is 0 Å². The van der Waals surface area contributed by atoms with Gasteiger partial charge in [0, 0.05) is 37.6 Å². The van der Waals surface area contributed by atoms with E-state index in [1.54, 1.807) is 22.8 Å². The molecule has 0 saturated carbocycles. The zero-order valence-corrected chi connectivity index (χ0v) is 16.9. The maximum absolute atomic E-state index is 13.0. The van der Waals surface area contributed by atoms with Gasteiger partial charge in [-0.3, -0.25) is 4.79 Å². The lowest BCUT2D eigenvalue weighted by Crippen LogP contribution is -2.55. The van der Waals surface area contributed by atoms with E-state index in [1.807, 2.05) is 66.9 Å². The molecule has 7 heteroatoms. The summed E-state index contributed by atoms with van der Waals surface area (Å²) in [5.74, 6) is -0.0398. The van der Waals surface area contributed by atoms with Crippen LogP contribution in [-0.2, 0) is 11.3 Å². The van der Waals surface area contributed by atoms with Gasteiger partial charge in [-0.05, 0) is 37.1 Å². The largest absolute Gasteiger partial charge is 0.334 e. The molecule has 154 valence electrons. The van der Waals surface area contributed by atoms with Gasteiger partial charge in [-0.15, -0.1) is 0 Å². The van der Waals surface area contributed by atoms with E-state index in [9.17, 15) is 9.59 Å². The maximum Gasteiger partial charge on any atom is 0.318 e.